The minimum atomic E-state index is -0.0318. The number of aromatic amines is 1. The van der Waals surface area contributed by atoms with Crippen LogP contribution in [-0.4, -0.2) is 29.3 Å². The van der Waals surface area contributed by atoms with E-state index in [1.807, 2.05) is 13.0 Å². The highest BCUT2D eigenvalue weighted by Gasteiger charge is 2.09. The van der Waals surface area contributed by atoms with E-state index in [0.29, 0.717) is 24.6 Å². The van der Waals surface area contributed by atoms with Crippen LogP contribution in [0.5, 0.6) is 0 Å². The summed E-state index contributed by atoms with van der Waals surface area (Å²) in [5, 5.41) is 9.69. The molecule has 1 atom stereocenters. The van der Waals surface area contributed by atoms with Gasteiger partial charge in [0, 0.05) is 25.3 Å². The summed E-state index contributed by atoms with van der Waals surface area (Å²) in [5.41, 5.74) is 1.02. The normalized spacial score (nSPS) is 12.8. The van der Waals surface area contributed by atoms with E-state index < -0.39 is 0 Å². The molecule has 0 bridgehead atoms. The van der Waals surface area contributed by atoms with Crippen molar-refractivity contribution in [1.29, 1.82) is 0 Å². The number of carbonyl (C=O) groups is 1. The van der Waals surface area contributed by atoms with Gasteiger partial charge in [0.2, 0.25) is 5.91 Å². The van der Waals surface area contributed by atoms with Gasteiger partial charge in [-0.15, -0.1) is 0 Å². The maximum absolute atomic E-state index is 11.6. The van der Waals surface area contributed by atoms with E-state index >= 15 is 0 Å². The van der Waals surface area contributed by atoms with Crippen LogP contribution < -0.4 is 5.32 Å². The molecule has 0 aliphatic rings. The van der Waals surface area contributed by atoms with E-state index in [-0.39, 0.29) is 12.0 Å². The van der Waals surface area contributed by atoms with Gasteiger partial charge in [0.15, 0.2) is 5.82 Å². The number of aromatic nitrogens is 2. The van der Waals surface area contributed by atoms with Crippen molar-refractivity contribution >= 4 is 11.7 Å². The first-order valence-electron chi connectivity index (χ1n) is 5.91. The standard InChI is InChI=1S/C12H21N3O2/c1-8(2)10-7-11(15-14-10)13-12(16)6-5-9(3)17-4/h7-9H,5-6H2,1-4H3,(H2,13,14,15,16). The molecule has 1 heterocycles. The molecule has 0 fully saturated rings. The fourth-order valence-corrected chi connectivity index (χ4v) is 1.35. The van der Waals surface area contributed by atoms with Crippen LogP contribution in [0.3, 0.4) is 0 Å². The van der Waals surface area contributed by atoms with Crippen LogP contribution in [0.15, 0.2) is 6.07 Å². The molecule has 0 aromatic carbocycles. The third-order valence-electron chi connectivity index (χ3n) is 2.67. The van der Waals surface area contributed by atoms with Gasteiger partial charge >= 0.3 is 0 Å². The fourth-order valence-electron chi connectivity index (χ4n) is 1.35. The molecule has 0 radical (unpaired) electrons. The number of rotatable bonds is 6. The summed E-state index contributed by atoms with van der Waals surface area (Å²) in [6, 6.07) is 1.86. The molecule has 96 valence electrons. The average molecular weight is 239 g/mol. The van der Waals surface area contributed by atoms with Crippen LogP contribution in [0.25, 0.3) is 0 Å². The molecule has 5 nitrogen and oxygen atoms in total. The van der Waals surface area contributed by atoms with Crippen LogP contribution in [-0.2, 0) is 9.53 Å². The zero-order valence-electron chi connectivity index (χ0n) is 10.9. The highest BCUT2D eigenvalue weighted by molar-refractivity contribution is 5.89. The van der Waals surface area contributed by atoms with E-state index in [9.17, 15) is 4.79 Å². The number of anilines is 1. The molecule has 1 rings (SSSR count). The molecule has 1 aromatic heterocycles. The maximum atomic E-state index is 11.6. The first-order chi connectivity index (χ1) is 8.02. The lowest BCUT2D eigenvalue weighted by molar-refractivity contribution is -0.116. The summed E-state index contributed by atoms with van der Waals surface area (Å²) in [6.07, 6.45) is 1.26. The van der Waals surface area contributed by atoms with Gasteiger partial charge in [0.1, 0.15) is 0 Å². The van der Waals surface area contributed by atoms with Gasteiger partial charge in [-0.3, -0.25) is 9.89 Å². The molecule has 1 amide bonds. The zero-order valence-corrected chi connectivity index (χ0v) is 10.9. The molecule has 1 aromatic rings. The second-order valence-corrected chi connectivity index (χ2v) is 4.50. The van der Waals surface area contributed by atoms with Gasteiger partial charge in [-0.25, -0.2) is 0 Å². The van der Waals surface area contributed by atoms with Gasteiger partial charge in [-0.05, 0) is 19.3 Å². The summed E-state index contributed by atoms with van der Waals surface area (Å²) in [6.45, 7) is 6.08. The van der Waals surface area contributed by atoms with Gasteiger partial charge in [-0.1, -0.05) is 13.8 Å². The Hall–Kier alpha value is -1.36. The lowest BCUT2D eigenvalue weighted by atomic mass is 10.1. The summed E-state index contributed by atoms with van der Waals surface area (Å²) in [7, 11) is 1.64. The first kappa shape index (κ1) is 13.7. The molecule has 0 saturated carbocycles. The summed E-state index contributed by atoms with van der Waals surface area (Å²) < 4.78 is 5.08. The number of ether oxygens (including phenoxy) is 1. The number of amides is 1. The van der Waals surface area contributed by atoms with Crippen LogP contribution >= 0.6 is 0 Å². The molecule has 0 aliphatic carbocycles. The Morgan fingerprint density at radius 3 is 2.76 bits per heavy atom. The Labute approximate surface area is 102 Å². The molecular weight excluding hydrogens is 218 g/mol. The van der Waals surface area contributed by atoms with E-state index in [1.54, 1.807) is 7.11 Å². The fraction of sp³-hybridized carbons (Fsp3) is 0.667. The number of hydrogen-bond acceptors (Lipinski definition) is 3. The smallest absolute Gasteiger partial charge is 0.225 e. The molecule has 2 N–H and O–H groups in total. The van der Waals surface area contributed by atoms with Crippen molar-refractivity contribution in [2.75, 3.05) is 12.4 Å². The van der Waals surface area contributed by atoms with Gasteiger partial charge < -0.3 is 10.1 Å². The average Bonchev–Trinajstić information content (AvgIpc) is 2.74. The zero-order chi connectivity index (χ0) is 12.8. The van der Waals surface area contributed by atoms with E-state index in [2.05, 4.69) is 29.4 Å². The molecule has 17 heavy (non-hydrogen) atoms. The molecule has 5 heteroatoms. The largest absolute Gasteiger partial charge is 0.382 e. The Morgan fingerprint density at radius 1 is 1.53 bits per heavy atom. The Bertz CT molecular complexity index is 360. The van der Waals surface area contributed by atoms with Crippen molar-refractivity contribution in [1.82, 2.24) is 10.2 Å². The van der Waals surface area contributed by atoms with Crippen LogP contribution in [0.1, 0.15) is 45.2 Å². The molecule has 0 spiro atoms. The molecular formula is C12H21N3O2. The molecule has 1 unspecified atom stereocenters. The second-order valence-electron chi connectivity index (χ2n) is 4.50. The third kappa shape index (κ3) is 4.56. The number of nitrogens with one attached hydrogen (secondary N) is 2. The quantitative estimate of drug-likeness (QED) is 0.800. The number of nitrogens with zero attached hydrogens (tertiary/aromatic N) is 1. The van der Waals surface area contributed by atoms with Crippen molar-refractivity contribution in [3.05, 3.63) is 11.8 Å². The van der Waals surface area contributed by atoms with Gasteiger partial charge in [-0.2, -0.15) is 5.10 Å². The lowest BCUT2D eigenvalue weighted by Gasteiger charge is -2.08. The predicted molar refractivity (Wildman–Crippen MR) is 67.0 cm³/mol. The summed E-state index contributed by atoms with van der Waals surface area (Å²) in [4.78, 5) is 11.6. The van der Waals surface area contributed by atoms with Crippen molar-refractivity contribution in [2.24, 2.45) is 0 Å². The number of methoxy groups -OCH3 is 1. The number of H-pyrrole nitrogens is 1. The lowest BCUT2D eigenvalue weighted by Crippen LogP contribution is -2.15. The van der Waals surface area contributed by atoms with E-state index in [1.165, 1.54) is 0 Å². The van der Waals surface area contributed by atoms with Crippen molar-refractivity contribution in [3.8, 4) is 0 Å². The topological polar surface area (TPSA) is 67.0 Å². The van der Waals surface area contributed by atoms with Crippen LogP contribution in [0.2, 0.25) is 0 Å². The summed E-state index contributed by atoms with van der Waals surface area (Å²) in [5.74, 6) is 0.932. The number of hydrogen-bond donors (Lipinski definition) is 2. The highest BCUT2D eigenvalue weighted by atomic mass is 16.5. The maximum Gasteiger partial charge on any atom is 0.225 e. The van der Waals surface area contributed by atoms with E-state index in [0.717, 1.165) is 5.69 Å². The van der Waals surface area contributed by atoms with Gasteiger partial charge in [0.25, 0.3) is 0 Å². The Kier molecular flexibility index (Phi) is 5.15. The van der Waals surface area contributed by atoms with Crippen molar-refractivity contribution in [2.45, 2.75) is 45.6 Å². The Balaban J connectivity index is 2.39. The van der Waals surface area contributed by atoms with Crippen LogP contribution in [0, 0.1) is 0 Å². The third-order valence-corrected chi connectivity index (χ3v) is 2.67. The number of carbonyl (C=O) groups excluding carboxylic acids is 1. The van der Waals surface area contributed by atoms with Gasteiger partial charge in [0.05, 0.1) is 6.10 Å². The summed E-state index contributed by atoms with van der Waals surface area (Å²) >= 11 is 0. The highest BCUT2D eigenvalue weighted by Crippen LogP contribution is 2.15. The Morgan fingerprint density at radius 2 is 2.24 bits per heavy atom. The molecule has 0 saturated heterocycles. The molecule has 0 aliphatic heterocycles. The minimum absolute atomic E-state index is 0.0318. The van der Waals surface area contributed by atoms with Crippen LogP contribution in [0.4, 0.5) is 5.82 Å². The van der Waals surface area contributed by atoms with E-state index in [4.69, 9.17) is 4.74 Å². The first-order valence-corrected chi connectivity index (χ1v) is 5.91. The van der Waals surface area contributed by atoms with Crippen molar-refractivity contribution in [3.63, 3.8) is 0 Å². The second kappa shape index (κ2) is 6.39. The van der Waals surface area contributed by atoms with Crippen molar-refractivity contribution < 1.29 is 9.53 Å². The SMILES string of the molecule is COC(C)CCC(=O)Nc1cc(C(C)C)[nH]n1. The monoisotopic (exact) mass is 239 g/mol. The minimum Gasteiger partial charge on any atom is -0.382 e. The predicted octanol–water partition coefficient (Wildman–Crippen LogP) is 2.29.